The van der Waals surface area contributed by atoms with Gasteiger partial charge in [0.2, 0.25) is 0 Å². The minimum Gasteiger partial charge on any atom is -0.481 e. The molecular formula is C21H21NO2. The number of hydrogen-bond donors (Lipinski definition) is 1. The van der Waals surface area contributed by atoms with E-state index in [2.05, 4.69) is 12.2 Å². The molecule has 0 radical (unpaired) electrons. The minimum absolute atomic E-state index is 0.163. The first kappa shape index (κ1) is 16.1. The Labute approximate surface area is 142 Å². The molecular weight excluding hydrogens is 298 g/mol. The van der Waals surface area contributed by atoms with Gasteiger partial charge in [0.05, 0.1) is 0 Å². The molecule has 3 nitrogen and oxygen atoms in total. The quantitative estimate of drug-likeness (QED) is 0.745. The standard InChI is InChI=1S/C21H21NO2/c1-14-8-11-20(12-15(14)2)24-16(3)21(23)22-19-10-9-17-6-4-5-7-18(17)13-19/h4-13,16H,1-3H3,(H,22,23)/t16-/m1/s1. The second kappa shape index (κ2) is 6.75. The summed E-state index contributed by atoms with van der Waals surface area (Å²) in [4.78, 5) is 12.4. The Morgan fingerprint density at radius 1 is 0.917 bits per heavy atom. The van der Waals surface area contributed by atoms with Crippen LogP contribution in [0.5, 0.6) is 5.75 Å². The highest BCUT2D eigenvalue weighted by atomic mass is 16.5. The van der Waals surface area contributed by atoms with Crippen LogP contribution in [0.4, 0.5) is 5.69 Å². The highest BCUT2D eigenvalue weighted by Gasteiger charge is 2.15. The fourth-order valence-electron chi connectivity index (χ4n) is 2.56. The summed E-state index contributed by atoms with van der Waals surface area (Å²) < 4.78 is 5.76. The number of benzene rings is 3. The lowest BCUT2D eigenvalue weighted by Gasteiger charge is -2.16. The molecule has 0 saturated heterocycles. The van der Waals surface area contributed by atoms with Gasteiger partial charge in [-0.3, -0.25) is 4.79 Å². The molecule has 0 aromatic heterocycles. The monoisotopic (exact) mass is 319 g/mol. The van der Waals surface area contributed by atoms with E-state index in [9.17, 15) is 4.79 Å². The van der Waals surface area contributed by atoms with E-state index >= 15 is 0 Å². The summed E-state index contributed by atoms with van der Waals surface area (Å²) in [5.74, 6) is 0.544. The molecule has 1 amide bonds. The number of hydrogen-bond acceptors (Lipinski definition) is 2. The van der Waals surface area contributed by atoms with Crippen molar-refractivity contribution in [2.45, 2.75) is 26.9 Å². The van der Waals surface area contributed by atoms with Gasteiger partial charge in [0.25, 0.3) is 5.91 Å². The van der Waals surface area contributed by atoms with Crippen LogP contribution in [0, 0.1) is 13.8 Å². The Balaban J connectivity index is 1.69. The molecule has 0 bridgehead atoms. The maximum Gasteiger partial charge on any atom is 0.265 e. The predicted molar refractivity (Wildman–Crippen MR) is 98.6 cm³/mol. The van der Waals surface area contributed by atoms with E-state index in [0.717, 1.165) is 22.0 Å². The lowest BCUT2D eigenvalue weighted by Crippen LogP contribution is -2.30. The molecule has 0 spiro atoms. The third-order valence-electron chi connectivity index (χ3n) is 4.18. The second-order valence-electron chi connectivity index (χ2n) is 6.06. The predicted octanol–water partition coefficient (Wildman–Crippen LogP) is 4.86. The Morgan fingerprint density at radius 3 is 2.42 bits per heavy atom. The van der Waals surface area contributed by atoms with Gasteiger partial charge in [0.1, 0.15) is 5.75 Å². The Morgan fingerprint density at radius 2 is 1.67 bits per heavy atom. The number of fused-ring (bicyclic) bond motifs is 1. The Hall–Kier alpha value is -2.81. The molecule has 0 aliphatic heterocycles. The zero-order valence-electron chi connectivity index (χ0n) is 14.2. The van der Waals surface area contributed by atoms with E-state index in [1.54, 1.807) is 6.92 Å². The number of carbonyl (C=O) groups is 1. The third kappa shape index (κ3) is 3.57. The fourth-order valence-corrected chi connectivity index (χ4v) is 2.56. The van der Waals surface area contributed by atoms with E-state index in [-0.39, 0.29) is 5.91 Å². The molecule has 3 aromatic carbocycles. The van der Waals surface area contributed by atoms with E-state index in [1.807, 2.05) is 67.6 Å². The molecule has 3 aromatic rings. The molecule has 0 fully saturated rings. The van der Waals surface area contributed by atoms with Crippen molar-refractivity contribution in [3.63, 3.8) is 0 Å². The van der Waals surface area contributed by atoms with E-state index in [1.165, 1.54) is 5.56 Å². The number of aryl methyl sites for hydroxylation is 2. The number of anilines is 1. The summed E-state index contributed by atoms with van der Waals surface area (Å²) >= 11 is 0. The van der Waals surface area contributed by atoms with Crippen molar-refractivity contribution in [1.82, 2.24) is 0 Å². The van der Waals surface area contributed by atoms with E-state index in [0.29, 0.717) is 5.75 Å². The Bertz CT molecular complexity index is 886. The highest BCUT2D eigenvalue weighted by molar-refractivity contribution is 5.96. The summed E-state index contributed by atoms with van der Waals surface area (Å²) in [5.41, 5.74) is 3.12. The van der Waals surface area contributed by atoms with Crippen molar-refractivity contribution in [1.29, 1.82) is 0 Å². The maximum atomic E-state index is 12.4. The normalized spacial score (nSPS) is 12.0. The zero-order chi connectivity index (χ0) is 17.1. The molecule has 0 unspecified atom stereocenters. The van der Waals surface area contributed by atoms with Crippen molar-refractivity contribution >= 4 is 22.4 Å². The fraction of sp³-hybridized carbons (Fsp3) is 0.190. The number of amides is 1. The van der Waals surface area contributed by atoms with Crippen LogP contribution in [-0.2, 0) is 4.79 Å². The minimum atomic E-state index is -0.571. The van der Waals surface area contributed by atoms with Crippen molar-refractivity contribution < 1.29 is 9.53 Å². The molecule has 0 aliphatic carbocycles. The molecule has 0 saturated carbocycles. The number of nitrogens with one attached hydrogen (secondary N) is 1. The molecule has 1 N–H and O–H groups in total. The lowest BCUT2D eigenvalue weighted by molar-refractivity contribution is -0.122. The first-order valence-corrected chi connectivity index (χ1v) is 8.06. The number of carbonyl (C=O) groups excluding carboxylic acids is 1. The van der Waals surface area contributed by atoms with Crippen LogP contribution in [0.3, 0.4) is 0 Å². The van der Waals surface area contributed by atoms with Gasteiger partial charge in [0.15, 0.2) is 6.10 Å². The van der Waals surface area contributed by atoms with Crippen LogP contribution in [0.1, 0.15) is 18.1 Å². The van der Waals surface area contributed by atoms with Crippen LogP contribution >= 0.6 is 0 Å². The zero-order valence-corrected chi connectivity index (χ0v) is 14.2. The highest BCUT2D eigenvalue weighted by Crippen LogP contribution is 2.20. The van der Waals surface area contributed by atoms with Crippen molar-refractivity contribution in [3.8, 4) is 5.75 Å². The summed E-state index contributed by atoms with van der Waals surface area (Å²) in [6, 6.07) is 19.8. The van der Waals surface area contributed by atoms with Gasteiger partial charge in [-0.2, -0.15) is 0 Å². The first-order chi connectivity index (χ1) is 11.5. The van der Waals surface area contributed by atoms with E-state index < -0.39 is 6.10 Å². The van der Waals surface area contributed by atoms with Gasteiger partial charge in [-0.15, -0.1) is 0 Å². The van der Waals surface area contributed by atoms with Crippen LogP contribution in [-0.4, -0.2) is 12.0 Å². The average molecular weight is 319 g/mol. The first-order valence-electron chi connectivity index (χ1n) is 8.06. The summed E-state index contributed by atoms with van der Waals surface area (Å²) in [7, 11) is 0. The maximum absolute atomic E-state index is 12.4. The molecule has 3 heteroatoms. The SMILES string of the molecule is Cc1ccc(O[C@H](C)C(=O)Nc2ccc3ccccc3c2)cc1C. The van der Waals surface area contributed by atoms with Crippen molar-refractivity contribution in [3.05, 3.63) is 71.8 Å². The average Bonchev–Trinajstić information content (AvgIpc) is 2.58. The lowest BCUT2D eigenvalue weighted by atomic mass is 10.1. The molecule has 24 heavy (non-hydrogen) atoms. The van der Waals surface area contributed by atoms with E-state index in [4.69, 9.17) is 4.74 Å². The summed E-state index contributed by atoms with van der Waals surface area (Å²) in [6.07, 6.45) is -0.571. The van der Waals surface area contributed by atoms with Gasteiger partial charge >= 0.3 is 0 Å². The molecule has 0 aliphatic rings. The van der Waals surface area contributed by atoms with Crippen LogP contribution in [0.2, 0.25) is 0 Å². The van der Waals surface area contributed by atoms with Gasteiger partial charge < -0.3 is 10.1 Å². The summed E-state index contributed by atoms with van der Waals surface area (Å²) in [5, 5.41) is 5.16. The Kier molecular flexibility index (Phi) is 4.52. The second-order valence-corrected chi connectivity index (χ2v) is 6.06. The van der Waals surface area contributed by atoms with Gasteiger partial charge in [0, 0.05) is 5.69 Å². The number of rotatable bonds is 4. The van der Waals surface area contributed by atoms with Gasteiger partial charge in [-0.25, -0.2) is 0 Å². The molecule has 122 valence electrons. The number of ether oxygens (including phenoxy) is 1. The third-order valence-corrected chi connectivity index (χ3v) is 4.18. The van der Waals surface area contributed by atoms with Crippen LogP contribution in [0.15, 0.2) is 60.7 Å². The summed E-state index contributed by atoms with van der Waals surface area (Å²) in [6.45, 7) is 5.84. The van der Waals surface area contributed by atoms with Crippen LogP contribution < -0.4 is 10.1 Å². The van der Waals surface area contributed by atoms with Crippen molar-refractivity contribution in [2.75, 3.05) is 5.32 Å². The van der Waals surface area contributed by atoms with Crippen LogP contribution in [0.25, 0.3) is 10.8 Å². The molecule has 3 rings (SSSR count). The van der Waals surface area contributed by atoms with Crippen molar-refractivity contribution in [2.24, 2.45) is 0 Å². The largest absolute Gasteiger partial charge is 0.481 e. The smallest absolute Gasteiger partial charge is 0.265 e. The van der Waals surface area contributed by atoms with Gasteiger partial charge in [-0.05, 0) is 66.9 Å². The topological polar surface area (TPSA) is 38.3 Å². The molecule has 1 atom stereocenters. The molecule has 0 heterocycles. The van der Waals surface area contributed by atoms with Gasteiger partial charge in [-0.1, -0.05) is 36.4 Å².